The van der Waals surface area contributed by atoms with Gasteiger partial charge in [-0.1, -0.05) is 22.0 Å². The second-order valence-electron chi connectivity index (χ2n) is 5.97. The third-order valence-corrected chi connectivity index (χ3v) is 5.87. The topological polar surface area (TPSA) is 66.5 Å². The number of carbonyl (C=O) groups is 1. The Morgan fingerprint density at radius 3 is 2.68 bits per heavy atom. The first kappa shape index (κ1) is 17.9. The largest absolute Gasteiger partial charge is 0.308 e. The maximum atomic E-state index is 13.4. The number of nitrogens with zero attached hydrogens (tertiary/aromatic N) is 1. The first-order chi connectivity index (χ1) is 11.7. The smallest absolute Gasteiger partial charge is 0.264 e. The lowest BCUT2D eigenvalue weighted by Gasteiger charge is -2.23. The number of amides is 1. The van der Waals surface area contributed by atoms with Gasteiger partial charge in [-0.15, -0.1) is 0 Å². The van der Waals surface area contributed by atoms with E-state index in [4.69, 9.17) is 0 Å². The summed E-state index contributed by atoms with van der Waals surface area (Å²) in [5.74, 6) is -0.769. The van der Waals surface area contributed by atoms with E-state index in [-0.39, 0.29) is 22.5 Å². The Labute approximate surface area is 154 Å². The molecule has 0 fully saturated rings. The number of sulfonamides is 1. The molecule has 0 saturated heterocycles. The van der Waals surface area contributed by atoms with Crippen molar-refractivity contribution in [2.24, 2.45) is 0 Å². The molecule has 0 radical (unpaired) electrons. The van der Waals surface area contributed by atoms with Crippen molar-refractivity contribution in [3.8, 4) is 0 Å². The van der Waals surface area contributed by atoms with Crippen LogP contribution in [0.15, 0.2) is 45.8 Å². The fraction of sp³-hybridized carbons (Fsp3) is 0.235. The Bertz CT molecular complexity index is 962. The van der Waals surface area contributed by atoms with Crippen LogP contribution in [0.2, 0.25) is 0 Å². The number of nitrogens with one attached hydrogen (secondary N) is 1. The summed E-state index contributed by atoms with van der Waals surface area (Å²) in [4.78, 5) is 13.5. The summed E-state index contributed by atoms with van der Waals surface area (Å²) in [7, 11) is -4.01. The predicted octanol–water partition coefficient (Wildman–Crippen LogP) is 3.69. The molecule has 132 valence electrons. The van der Waals surface area contributed by atoms with E-state index in [1.165, 1.54) is 36.1 Å². The lowest BCUT2D eigenvalue weighted by atomic mass is 10.1. The van der Waals surface area contributed by atoms with Crippen molar-refractivity contribution < 1.29 is 17.6 Å². The molecule has 0 saturated carbocycles. The van der Waals surface area contributed by atoms with Crippen LogP contribution in [0.4, 0.5) is 15.8 Å². The molecule has 1 aliphatic rings. The maximum absolute atomic E-state index is 13.4. The van der Waals surface area contributed by atoms with Crippen molar-refractivity contribution >= 4 is 43.2 Å². The van der Waals surface area contributed by atoms with E-state index >= 15 is 0 Å². The van der Waals surface area contributed by atoms with Crippen LogP contribution in [-0.4, -0.2) is 20.4 Å². The minimum Gasteiger partial charge on any atom is -0.308 e. The van der Waals surface area contributed by atoms with Crippen LogP contribution in [0, 0.1) is 5.82 Å². The summed E-state index contributed by atoms with van der Waals surface area (Å²) in [6.45, 7) is 3.27. The molecule has 1 atom stereocenters. The zero-order chi connectivity index (χ0) is 18.4. The molecule has 2 aromatic carbocycles. The Morgan fingerprint density at radius 2 is 2.04 bits per heavy atom. The van der Waals surface area contributed by atoms with E-state index in [1.54, 1.807) is 0 Å². The molecule has 0 aliphatic carbocycles. The highest BCUT2D eigenvalue weighted by atomic mass is 79.9. The van der Waals surface area contributed by atoms with Gasteiger partial charge in [0.05, 0.1) is 11.4 Å². The van der Waals surface area contributed by atoms with E-state index in [1.807, 2.05) is 13.0 Å². The van der Waals surface area contributed by atoms with Crippen molar-refractivity contribution in [1.82, 2.24) is 0 Å². The van der Waals surface area contributed by atoms with Crippen LogP contribution >= 0.6 is 15.9 Å². The lowest BCUT2D eigenvalue weighted by Crippen LogP contribution is -2.34. The number of rotatable bonds is 3. The quantitative estimate of drug-likeness (QED) is 0.813. The number of anilines is 2. The van der Waals surface area contributed by atoms with Crippen molar-refractivity contribution in [2.75, 3.05) is 9.62 Å². The Kier molecular flexibility index (Phi) is 4.59. The summed E-state index contributed by atoms with van der Waals surface area (Å²) in [6.07, 6.45) is 0.566. The SMILES string of the molecule is CC(=O)N1c2c(cc(Br)cc2S(=O)(=O)Nc2cccc(F)c2)CC1C. The zero-order valence-electron chi connectivity index (χ0n) is 13.6. The molecule has 0 bridgehead atoms. The van der Waals surface area contributed by atoms with Crippen LogP contribution in [0.5, 0.6) is 0 Å². The second-order valence-corrected chi connectivity index (χ2v) is 8.54. The van der Waals surface area contributed by atoms with Gasteiger partial charge in [-0.2, -0.15) is 0 Å². The van der Waals surface area contributed by atoms with Crippen LogP contribution < -0.4 is 9.62 Å². The first-order valence-corrected chi connectivity index (χ1v) is 9.87. The molecule has 0 aromatic heterocycles. The van der Waals surface area contributed by atoms with Gasteiger partial charge < -0.3 is 4.90 Å². The number of hydrogen-bond donors (Lipinski definition) is 1. The molecule has 0 spiro atoms. The van der Waals surface area contributed by atoms with Gasteiger partial charge in [-0.25, -0.2) is 12.8 Å². The molecule has 1 heterocycles. The van der Waals surface area contributed by atoms with Gasteiger partial charge in [0.25, 0.3) is 10.0 Å². The standard InChI is InChI=1S/C17H16BrFN2O3S/c1-10-6-12-7-13(18)8-16(17(12)21(10)11(2)22)25(23,24)20-15-5-3-4-14(19)9-15/h3-5,7-10,20H,6H2,1-2H3. The van der Waals surface area contributed by atoms with Gasteiger partial charge in [-0.3, -0.25) is 9.52 Å². The van der Waals surface area contributed by atoms with Crippen LogP contribution in [-0.2, 0) is 21.2 Å². The molecule has 1 amide bonds. The molecule has 1 unspecified atom stereocenters. The Hall–Kier alpha value is -1.93. The van der Waals surface area contributed by atoms with E-state index in [9.17, 15) is 17.6 Å². The molecule has 1 N–H and O–H groups in total. The molecule has 1 aliphatic heterocycles. The molecule has 25 heavy (non-hydrogen) atoms. The maximum Gasteiger partial charge on any atom is 0.264 e. The van der Waals surface area contributed by atoms with E-state index in [0.29, 0.717) is 16.6 Å². The van der Waals surface area contributed by atoms with Crippen LogP contribution in [0.25, 0.3) is 0 Å². The number of benzene rings is 2. The van der Waals surface area contributed by atoms with E-state index < -0.39 is 15.8 Å². The fourth-order valence-electron chi connectivity index (χ4n) is 3.12. The Balaban J connectivity index is 2.13. The normalized spacial score (nSPS) is 16.6. The number of hydrogen-bond acceptors (Lipinski definition) is 3. The second kappa shape index (κ2) is 6.42. The summed E-state index contributed by atoms with van der Waals surface area (Å²) in [5, 5.41) is 0. The monoisotopic (exact) mass is 426 g/mol. The molecule has 2 aromatic rings. The highest BCUT2D eigenvalue weighted by Crippen LogP contribution is 2.40. The number of fused-ring (bicyclic) bond motifs is 1. The van der Waals surface area contributed by atoms with Gasteiger partial charge in [0.15, 0.2) is 0 Å². The Morgan fingerprint density at radius 1 is 1.32 bits per heavy atom. The van der Waals surface area contributed by atoms with Gasteiger partial charge in [0.1, 0.15) is 10.7 Å². The molecular weight excluding hydrogens is 411 g/mol. The first-order valence-electron chi connectivity index (χ1n) is 7.59. The van der Waals surface area contributed by atoms with Gasteiger partial charge in [0.2, 0.25) is 5.91 Å². The van der Waals surface area contributed by atoms with Gasteiger partial charge in [-0.05, 0) is 49.2 Å². The summed E-state index contributed by atoms with van der Waals surface area (Å²) >= 11 is 3.33. The molecule has 3 rings (SSSR count). The summed E-state index contributed by atoms with van der Waals surface area (Å²) in [5.41, 5.74) is 1.28. The van der Waals surface area contributed by atoms with Crippen molar-refractivity contribution in [1.29, 1.82) is 0 Å². The van der Waals surface area contributed by atoms with E-state index in [2.05, 4.69) is 20.7 Å². The average Bonchev–Trinajstić information content (AvgIpc) is 2.81. The lowest BCUT2D eigenvalue weighted by molar-refractivity contribution is -0.116. The fourth-order valence-corrected chi connectivity index (χ4v) is 5.09. The molecule has 5 nitrogen and oxygen atoms in total. The predicted molar refractivity (Wildman–Crippen MR) is 97.7 cm³/mol. The summed E-state index contributed by atoms with van der Waals surface area (Å²) in [6, 6.07) is 8.34. The van der Waals surface area contributed by atoms with Gasteiger partial charge >= 0.3 is 0 Å². The van der Waals surface area contributed by atoms with Crippen LogP contribution in [0.3, 0.4) is 0 Å². The van der Waals surface area contributed by atoms with Crippen LogP contribution in [0.1, 0.15) is 19.4 Å². The average molecular weight is 427 g/mol. The number of halogens is 2. The van der Waals surface area contributed by atoms with Crippen molar-refractivity contribution in [3.05, 3.63) is 52.3 Å². The van der Waals surface area contributed by atoms with Crippen molar-refractivity contribution in [2.45, 2.75) is 31.2 Å². The molecular formula is C17H16BrFN2O3S. The van der Waals surface area contributed by atoms with Gasteiger partial charge in [0, 0.05) is 17.4 Å². The highest BCUT2D eigenvalue weighted by Gasteiger charge is 2.35. The zero-order valence-corrected chi connectivity index (χ0v) is 16.0. The third kappa shape index (κ3) is 3.41. The third-order valence-electron chi connectivity index (χ3n) is 4.02. The summed E-state index contributed by atoms with van der Waals surface area (Å²) < 4.78 is 42.1. The number of carbonyl (C=O) groups excluding carboxylic acids is 1. The minimum absolute atomic E-state index is 0.0133. The molecule has 8 heteroatoms. The van der Waals surface area contributed by atoms with Crippen molar-refractivity contribution in [3.63, 3.8) is 0 Å². The minimum atomic E-state index is -4.01. The highest BCUT2D eigenvalue weighted by molar-refractivity contribution is 9.10. The van der Waals surface area contributed by atoms with E-state index in [0.717, 1.165) is 11.6 Å².